The molecule has 1 saturated heterocycles. The van der Waals surface area contributed by atoms with Crippen LogP contribution in [0, 0.1) is 12.7 Å². The van der Waals surface area contributed by atoms with Gasteiger partial charge in [-0.15, -0.1) is 0 Å². The molecule has 0 spiro atoms. The predicted octanol–water partition coefficient (Wildman–Crippen LogP) is 2.97. The van der Waals surface area contributed by atoms with Crippen molar-refractivity contribution in [1.29, 1.82) is 0 Å². The number of pyridine rings is 1. The van der Waals surface area contributed by atoms with Gasteiger partial charge in [0.15, 0.2) is 0 Å². The zero-order chi connectivity index (χ0) is 20.1. The van der Waals surface area contributed by atoms with Gasteiger partial charge < -0.3 is 20.6 Å². The van der Waals surface area contributed by atoms with Gasteiger partial charge in [0.05, 0.1) is 11.9 Å². The van der Waals surface area contributed by atoms with Crippen LogP contribution in [0.25, 0.3) is 0 Å². The summed E-state index contributed by atoms with van der Waals surface area (Å²) in [7, 11) is 0. The van der Waals surface area contributed by atoms with Crippen LogP contribution in [-0.4, -0.2) is 58.2 Å². The van der Waals surface area contributed by atoms with E-state index >= 15 is 0 Å². The number of piperazine rings is 1. The molecular weight excluding hydrogens is 365 g/mol. The molecule has 0 atom stereocenters. The van der Waals surface area contributed by atoms with Gasteiger partial charge in [-0.2, -0.15) is 0 Å². The quantitative estimate of drug-likeness (QED) is 0.749. The highest BCUT2D eigenvalue weighted by molar-refractivity contribution is 5.99. The second-order valence-electron chi connectivity index (χ2n) is 6.66. The molecule has 8 nitrogen and oxygen atoms in total. The molecule has 1 aromatic heterocycles. The monoisotopic (exact) mass is 387 g/mol. The van der Waals surface area contributed by atoms with Crippen LogP contribution < -0.4 is 10.6 Å². The minimum atomic E-state index is -0.924. The number of benzene rings is 1. The first-order chi connectivity index (χ1) is 13.4. The summed E-state index contributed by atoms with van der Waals surface area (Å²) in [6.07, 6.45) is 0.620. The molecule has 3 amide bonds. The molecule has 3 N–H and O–H groups in total. The van der Waals surface area contributed by atoms with E-state index in [-0.39, 0.29) is 0 Å². The number of nitrogens with one attached hydrogen (secondary N) is 2. The first-order valence-corrected chi connectivity index (χ1v) is 8.89. The van der Waals surface area contributed by atoms with E-state index < -0.39 is 17.9 Å². The molecule has 2 aromatic rings. The van der Waals surface area contributed by atoms with Gasteiger partial charge in [-0.3, -0.25) is 9.88 Å². The molecule has 0 saturated carbocycles. The van der Waals surface area contributed by atoms with Crippen LogP contribution >= 0.6 is 0 Å². The Kier molecular flexibility index (Phi) is 6.05. The Morgan fingerprint density at radius 3 is 2.46 bits per heavy atom. The van der Waals surface area contributed by atoms with Crippen molar-refractivity contribution in [3.8, 4) is 0 Å². The van der Waals surface area contributed by atoms with Crippen molar-refractivity contribution < 1.29 is 19.1 Å². The molecule has 148 valence electrons. The zero-order valence-electron chi connectivity index (χ0n) is 15.5. The van der Waals surface area contributed by atoms with Gasteiger partial charge in [-0.05, 0) is 42.8 Å². The maximum absolute atomic E-state index is 14.0. The van der Waals surface area contributed by atoms with E-state index in [0.29, 0.717) is 49.7 Å². The minimum absolute atomic E-state index is 0.344. The Hall–Kier alpha value is -3.20. The molecule has 3 rings (SSSR count). The van der Waals surface area contributed by atoms with E-state index in [4.69, 9.17) is 5.11 Å². The Labute approximate surface area is 162 Å². The molecule has 1 fully saturated rings. The Balaban J connectivity index is 1.59. The lowest BCUT2D eigenvalue weighted by Crippen LogP contribution is -2.47. The largest absolute Gasteiger partial charge is 0.465 e. The predicted molar refractivity (Wildman–Crippen MR) is 103 cm³/mol. The molecule has 0 unspecified atom stereocenters. The van der Waals surface area contributed by atoms with Gasteiger partial charge in [0, 0.05) is 44.1 Å². The second kappa shape index (κ2) is 8.66. The van der Waals surface area contributed by atoms with Crippen LogP contribution in [0.1, 0.15) is 11.3 Å². The molecule has 1 aliphatic rings. The Morgan fingerprint density at radius 1 is 1.11 bits per heavy atom. The molecule has 2 heterocycles. The molecular formula is C19H22FN5O3. The lowest BCUT2D eigenvalue weighted by atomic mass is 10.1. The SMILES string of the molecule is Cc1ccc(NC(=O)Nc2cc(F)cc(CN3CCN(C(=O)O)CC3)c2)cn1. The third kappa shape index (κ3) is 5.40. The van der Waals surface area contributed by atoms with Crippen LogP contribution in [0.3, 0.4) is 0 Å². The lowest BCUT2D eigenvalue weighted by molar-refractivity contribution is 0.103. The number of urea groups is 1. The van der Waals surface area contributed by atoms with Gasteiger partial charge in [-0.25, -0.2) is 14.0 Å². The number of nitrogens with zero attached hydrogens (tertiary/aromatic N) is 3. The molecule has 0 aliphatic carbocycles. The van der Waals surface area contributed by atoms with Crippen LogP contribution in [0.15, 0.2) is 36.5 Å². The lowest BCUT2D eigenvalue weighted by Gasteiger charge is -2.33. The van der Waals surface area contributed by atoms with Gasteiger partial charge in [0.2, 0.25) is 0 Å². The van der Waals surface area contributed by atoms with E-state index in [2.05, 4.69) is 20.5 Å². The summed E-state index contributed by atoms with van der Waals surface area (Å²) >= 11 is 0. The summed E-state index contributed by atoms with van der Waals surface area (Å²) in [4.78, 5) is 30.6. The van der Waals surface area contributed by atoms with Crippen molar-refractivity contribution >= 4 is 23.5 Å². The van der Waals surface area contributed by atoms with Crippen molar-refractivity contribution in [2.75, 3.05) is 36.8 Å². The van der Waals surface area contributed by atoms with E-state index in [9.17, 15) is 14.0 Å². The highest BCUT2D eigenvalue weighted by Crippen LogP contribution is 2.17. The third-order valence-corrected chi connectivity index (χ3v) is 4.43. The normalized spacial score (nSPS) is 14.6. The first-order valence-electron chi connectivity index (χ1n) is 8.89. The van der Waals surface area contributed by atoms with Crippen LogP contribution in [-0.2, 0) is 6.54 Å². The van der Waals surface area contributed by atoms with Crippen LogP contribution in [0.4, 0.5) is 25.4 Å². The van der Waals surface area contributed by atoms with E-state index in [1.54, 1.807) is 24.4 Å². The number of carbonyl (C=O) groups excluding carboxylic acids is 1. The summed E-state index contributed by atoms with van der Waals surface area (Å²) in [5, 5.41) is 14.3. The van der Waals surface area contributed by atoms with Crippen LogP contribution in [0.2, 0.25) is 0 Å². The summed E-state index contributed by atoms with van der Waals surface area (Å²) < 4.78 is 14.0. The molecule has 1 aliphatic heterocycles. The zero-order valence-corrected chi connectivity index (χ0v) is 15.5. The number of carbonyl (C=O) groups is 2. The fraction of sp³-hybridized carbons (Fsp3) is 0.316. The van der Waals surface area contributed by atoms with Crippen molar-refractivity contribution in [3.05, 3.63) is 53.6 Å². The summed E-state index contributed by atoms with van der Waals surface area (Å²) in [6, 6.07) is 7.39. The Bertz CT molecular complexity index is 851. The Morgan fingerprint density at radius 2 is 1.82 bits per heavy atom. The fourth-order valence-corrected chi connectivity index (χ4v) is 3.00. The standard InChI is InChI=1S/C19H22FN5O3/c1-13-2-3-16(11-21-13)22-18(26)23-17-9-14(8-15(20)10-17)12-24-4-6-25(7-5-24)19(27)28/h2-3,8-11H,4-7,12H2,1H3,(H,27,28)(H2,22,23,26). The molecule has 28 heavy (non-hydrogen) atoms. The number of aryl methyl sites for hydroxylation is 1. The van der Waals surface area contributed by atoms with Crippen LogP contribution in [0.5, 0.6) is 0 Å². The average molecular weight is 387 g/mol. The summed E-state index contributed by atoms with van der Waals surface area (Å²) in [5.41, 5.74) is 2.42. The van der Waals surface area contributed by atoms with Gasteiger partial charge >= 0.3 is 12.1 Å². The number of hydrogen-bond acceptors (Lipinski definition) is 4. The average Bonchev–Trinajstić information content (AvgIpc) is 2.63. The maximum atomic E-state index is 14.0. The smallest absolute Gasteiger partial charge is 0.407 e. The van der Waals surface area contributed by atoms with Gasteiger partial charge in [0.25, 0.3) is 0 Å². The summed E-state index contributed by atoms with van der Waals surface area (Å²) in [6.45, 7) is 4.31. The first kappa shape index (κ1) is 19.6. The van der Waals surface area contributed by atoms with E-state index in [1.807, 2.05) is 6.92 Å². The second-order valence-corrected chi connectivity index (χ2v) is 6.66. The van der Waals surface area contributed by atoms with Crippen molar-refractivity contribution in [1.82, 2.24) is 14.8 Å². The topological polar surface area (TPSA) is 97.8 Å². The van der Waals surface area contributed by atoms with Gasteiger partial charge in [0.1, 0.15) is 5.82 Å². The number of amides is 3. The van der Waals surface area contributed by atoms with Crippen molar-refractivity contribution in [2.24, 2.45) is 0 Å². The number of halogens is 1. The number of aromatic nitrogens is 1. The van der Waals surface area contributed by atoms with Crippen molar-refractivity contribution in [3.63, 3.8) is 0 Å². The minimum Gasteiger partial charge on any atom is -0.465 e. The number of hydrogen-bond donors (Lipinski definition) is 3. The highest BCUT2D eigenvalue weighted by Gasteiger charge is 2.20. The molecule has 1 aromatic carbocycles. The fourth-order valence-electron chi connectivity index (χ4n) is 3.00. The van der Waals surface area contributed by atoms with E-state index in [0.717, 1.165) is 5.69 Å². The number of carboxylic acid groups (broad SMARTS) is 1. The number of rotatable bonds is 4. The third-order valence-electron chi connectivity index (χ3n) is 4.43. The molecule has 0 bridgehead atoms. The van der Waals surface area contributed by atoms with Gasteiger partial charge in [-0.1, -0.05) is 0 Å². The number of anilines is 2. The van der Waals surface area contributed by atoms with E-state index in [1.165, 1.54) is 17.0 Å². The highest BCUT2D eigenvalue weighted by atomic mass is 19.1. The maximum Gasteiger partial charge on any atom is 0.407 e. The molecule has 0 radical (unpaired) electrons. The summed E-state index contributed by atoms with van der Waals surface area (Å²) in [5.74, 6) is -0.450. The molecule has 9 heteroatoms. The van der Waals surface area contributed by atoms with Crippen molar-refractivity contribution in [2.45, 2.75) is 13.5 Å².